The highest BCUT2D eigenvalue weighted by Crippen LogP contribution is 2.14. The Balaban J connectivity index is 2.63. The molecule has 0 N–H and O–H groups in total. The molecule has 60 heavy (non-hydrogen) atoms. The molecule has 1 fully saturated rings. The summed E-state index contributed by atoms with van der Waals surface area (Å²) < 4.78 is 0. The second kappa shape index (κ2) is 46.8. The van der Waals surface area contributed by atoms with Crippen LogP contribution in [-0.4, -0.2) is 123 Å². The van der Waals surface area contributed by atoms with Crippen LogP contribution in [0.15, 0.2) is 0 Å². The number of unbranched alkanes of at least 4 members (excludes halogenated alkanes) is 30. The van der Waals surface area contributed by atoms with E-state index in [0.717, 1.165) is 0 Å². The van der Waals surface area contributed by atoms with Gasteiger partial charge in [-0.3, -0.25) is 9.80 Å². The third kappa shape index (κ3) is 38.3. The van der Waals surface area contributed by atoms with Gasteiger partial charge in [0.2, 0.25) is 0 Å². The van der Waals surface area contributed by atoms with E-state index in [4.69, 9.17) is 0 Å². The summed E-state index contributed by atoms with van der Waals surface area (Å²) in [4.78, 5) is 14.3. The Kier molecular flexibility index (Phi) is 45.1. The largest absolute Gasteiger partial charge is 0.302 e. The van der Waals surface area contributed by atoms with Gasteiger partial charge in [-0.15, -0.1) is 0 Å². The molecular formula is C55H115N5. The van der Waals surface area contributed by atoms with Crippen LogP contribution in [0.25, 0.3) is 0 Å². The maximum Gasteiger partial charge on any atom is 0.0110 e. The number of hydrogen-bond acceptors (Lipinski definition) is 5. The van der Waals surface area contributed by atoms with Crippen LogP contribution in [0.2, 0.25) is 0 Å². The highest BCUT2D eigenvalue weighted by Gasteiger charge is 2.19. The van der Waals surface area contributed by atoms with Crippen molar-refractivity contribution in [2.45, 2.75) is 259 Å². The summed E-state index contributed by atoms with van der Waals surface area (Å²) in [6, 6.07) is 0. The predicted molar refractivity (Wildman–Crippen MR) is 272 cm³/mol. The molecule has 360 valence electrons. The molecule has 1 heterocycles. The Morgan fingerprint density at radius 3 is 0.633 bits per heavy atom. The first-order chi connectivity index (χ1) is 29.7. The van der Waals surface area contributed by atoms with E-state index in [0.29, 0.717) is 0 Å². The molecule has 0 aromatic heterocycles. The number of piperazine rings is 1. The zero-order valence-corrected chi connectivity index (χ0v) is 42.6. The molecule has 5 nitrogen and oxygen atoms in total. The van der Waals surface area contributed by atoms with Gasteiger partial charge in [0.05, 0.1) is 0 Å². The van der Waals surface area contributed by atoms with E-state index in [2.05, 4.69) is 59.1 Å². The van der Waals surface area contributed by atoms with Gasteiger partial charge >= 0.3 is 0 Å². The van der Waals surface area contributed by atoms with Crippen molar-refractivity contribution in [3.05, 3.63) is 0 Å². The maximum absolute atomic E-state index is 2.90. The summed E-state index contributed by atoms with van der Waals surface area (Å²) in [5, 5.41) is 0. The molecule has 0 aliphatic carbocycles. The van der Waals surface area contributed by atoms with E-state index in [-0.39, 0.29) is 0 Å². The van der Waals surface area contributed by atoms with Gasteiger partial charge in [-0.1, -0.05) is 227 Å². The van der Waals surface area contributed by atoms with Gasteiger partial charge in [0, 0.05) is 65.4 Å². The standard InChI is InChI=1S/C55H115N5/c1-6-11-16-21-26-31-36-41-56(42-37-32-27-22-17-12-7-2)46-48-58(45-40-35-30-25-20-15-10-5)49-51-60-54-52-59(53-55-60)50-47-57(43-38-33-28-23-18-13-8-3)44-39-34-29-24-19-14-9-4/h6-55H2,1-5H3. The van der Waals surface area contributed by atoms with Crippen molar-refractivity contribution in [3.8, 4) is 0 Å². The Bertz CT molecular complexity index is 764. The summed E-state index contributed by atoms with van der Waals surface area (Å²) in [5.41, 5.74) is 0. The summed E-state index contributed by atoms with van der Waals surface area (Å²) in [7, 11) is 0. The van der Waals surface area contributed by atoms with Gasteiger partial charge < -0.3 is 14.7 Å². The van der Waals surface area contributed by atoms with Crippen LogP contribution in [0.1, 0.15) is 259 Å². The molecule has 0 aromatic carbocycles. The molecule has 1 aliphatic rings. The first kappa shape index (κ1) is 57.8. The van der Waals surface area contributed by atoms with Gasteiger partial charge in [-0.05, 0) is 64.8 Å². The molecule has 0 spiro atoms. The minimum Gasteiger partial charge on any atom is -0.302 e. The lowest BCUT2D eigenvalue weighted by molar-refractivity contribution is 0.104. The predicted octanol–water partition coefficient (Wildman–Crippen LogP) is 15.3. The lowest BCUT2D eigenvalue weighted by Crippen LogP contribution is -2.50. The fourth-order valence-electron chi connectivity index (χ4n) is 9.55. The lowest BCUT2D eigenvalue weighted by Gasteiger charge is -2.37. The van der Waals surface area contributed by atoms with Crippen LogP contribution in [0.5, 0.6) is 0 Å². The van der Waals surface area contributed by atoms with Crippen LogP contribution in [0.3, 0.4) is 0 Å². The quantitative estimate of drug-likeness (QED) is 0.0566. The second-order valence-electron chi connectivity index (χ2n) is 19.8. The lowest BCUT2D eigenvalue weighted by atomic mass is 10.1. The Labute approximate surface area is 380 Å². The van der Waals surface area contributed by atoms with Gasteiger partial charge in [0.25, 0.3) is 0 Å². The zero-order valence-electron chi connectivity index (χ0n) is 42.6. The van der Waals surface area contributed by atoms with Crippen molar-refractivity contribution in [2.24, 2.45) is 0 Å². The average Bonchev–Trinajstić information content (AvgIpc) is 3.26. The topological polar surface area (TPSA) is 16.2 Å². The minimum absolute atomic E-state index is 1.27. The van der Waals surface area contributed by atoms with E-state index >= 15 is 0 Å². The van der Waals surface area contributed by atoms with Gasteiger partial charge in [0.1, 0.15) is 0 Å². The molecule has 1 saturated heterocycles. The molecule has 5 heteroatoms. The molecule has 0 radical (unpaired) electrons. The Hall–Kier alpha value is -0.200. The van der Waals surface area contributed by atoms with Crippen LogP contribution >= 0.6 is 0 Å². The maximum atomic E-state index is 2.90. The Morgan fingerprint density at radius 2 is 0.400 bits per heavy atom. The third-order valence-electron chi connectivity index (χ3n) is 14.1. The van der Waals surface area contributed by atoms with Crippen molar-refractivity contribution < 1.29 is 0 Å². The van der Waals surface area contributed by atoms with E-state index in [9.17, 15) is 0 Å². The first-order valence-corrected chi connectivity index (χ1v) is 28.3. The van der Waals surface area contributed by atoms with Crippen molar-refractivity contribution in [1.29, 1.82) is 0 Å². The van der Waals surface area contributed by atoms with Gasteiger partial charge in [0.15, 0.2) is 0 Å². The fourth-order valence-corrected chi connectivity index (χ4v) is 9.55. The SMILES string of the molecule is CCCCCCCCCN(CCCCCCCCC)CCN(CCCCCCCCC)CCN1CCN(CCN(CCCCCCCCC)CCCCCCCCC)CC1. The van der Waals surface area contributed by atoms with E-state index < -0.39 is 0 Å². The van der Waals surface area contributed by atoms with Crippen molar-refractivity contribution in [2.75, 3.05) is 98.2 Å². The highest BCUT2D eigenvalue weighted by molar-refractivity contribution is 4.75. The first-order valence-electron chi connectivity index (χ1n) is 28.3. The summed E-state index contributed by atoms with van der Waals surface area (Å²) in [6.07, 6.45) is 49.7. The summed E-state index contributed by atoms with van der Waals surface area (Å²) in [5.74, 6) is 0. The van der Waals surface area contributed by atoms with E-state index in [1.165, 1.54) is 323 Å². The molecule has 0 amide bonds. The zero-order chi connectivity index (χ0) is 43.2. The van der Waals surface area contributed by atoms with Crippen LogP contribution in [0, 0.1) is 0 Å². The number of rotatable bonds is 49. The minimum atomic E-state index is 1.27. The molecule has 0 aromatic rings. The highest BCUT2D eigenvalue weighted by atomic mass is 15.3. The van der Waals surface area contributed by atoms with Crippen molar-refractivity contribution in [3.63, 3.8) is 0 Å². The normalized spacial score (nSPS) is 14.2. The smallest absolute Gasteiger partial charge is 0.0110 e. The average molecular weight is 847 g/mol. The molecule has 0 unspecified atom stereocenters. The van der Waals surface area contributed by atoms with Crippen LogP contribution in [0.4, 0.5) is 0 Å². The summed E-state index contributed by atoms with van der Waals surface area (Å²) >= 11 is 0. The van der Waals surface area contributed by atoms with Gasteiger partial charge in [-0.25, -0.2) is 0 Å². The van der Waals surface area contributed by atoms with Crippen molar-refractivity contribution in [1.82, 2.24) is 24.5 Å². The molecule has 1 aliphatic heterocycles. The van der Waals surface area contributed by atoms with Crippen LogP contribution < -0.4 is 0 Å². The molecule has 0 saturated carbocycles. The second-order valence-corrected chi connectivity index (χ2v) is 19.8. The molecule has 1 rings (SSSR count). The number of hydrogen-bond donors (Lipinski definition) is 0. The fraction of sp³-hybridized carbons (Fsp3) is 1.00. The monoisotopic (exact) mass is 846 g/mol. The Morgan fingerprint density at radius 1 is 0.217 bits per heavy atom. The molecule has 0 bridgehead atoms. The van der Waals surface area contributed by atoms with Gasteiger partial charge in [-0.2, -0.15) is 0 Å². The molecule has 0 atom stereocenters. The third-order valence-corrected chi connectivity index (χ3v) is 14.1. The molecular weight excluding hydrogens is 731 g/mol. The van der Waals surface area contributed by atoms with Crippen molar-refractivity contribution >= 4 is 0 Å². The number of nitrogens with zero attached hydrogens (tertiary/aromatic N) is 5. The van der Waals surface area contributed by atoms with E-state index in [1.54, 1.807) is 0 Å². The summed E-state index contributed by atoms with van der Waals surface area (Å²) in [6.45, 7) is 31.0. The van der Waals surface area contributed by atoms with E-state index in [1.807, 2.05) is 0 Å². The van der Waals surface area contributed by atoms with Crippen LogP contribution in [-0.2, 0) is 0 Å².